The fourth-order valence-corrected chi connectivity index (χ4v) is 0.0630. The molecule has 0 radical (unpaired) electrons. The van der Waals surface area contributed by atoms with Crippen LogP contribution in [0.3, 0.4) is 0 Å². The van der Waals surface area contributed by atoms with E-state index in [1.165, 1.54) is 5.43 Å². The molecular weight excluding hydrogens is 141 g/mol. The van der Waals surface area contributed by atoms with Gasteiger partial charge in [0.1, 0.15) is 0 Å². The van der Waals surface area contributed by atoms with Gasteiger partial charge in [-0.1, -0.05) is 0 Å². The van der Waals surface area contributed by atoms with E-state index in [1.807, 2.05) is 0 Å². The SMILES string of the molecule is Cl.NNC(=O)C(F)F. The second-order valence-corrected chi connectivity index (χ2v) is 0.809. The number of alkyl halides is 2. The summed E-state index contributed by atoms with van der Waals surface area (Å²) in [5.74, 6) is 2.84. The summed E-state index contributed by atoms with van der Waals surface area (Å²) in [4.78, 5) is 9.53. The minimum atomic E-state index is -3.01. The Bertz CT molecular complexity index is 78.4. The first-order valence-corrected chi connectivity index (χ1v) is 1.47. The maximum Gasteiger partial charge on any atom is 0.316 e. The molecule has 3 nitrogen and oxygen atoms in total. The number of rotatable bonds is 1. The van der Waals surface area contributed by atoms with Crippen LogP contribution in [0, 0.1) is 0 Å². The molecule has 3 N–H and O–H groups in total. The fraction of sp³-hybridized carbons (Fsp3) is 0.500. The van der Waals surface area contributed by atoms with Crippen molar-refractivity contribution in [2.45, 2.75) is 6.43 Å². The molecule has 0 aromatic heterocycles. The molecule has 0 aliphatic carbocycles. The van der Waals surface area contributed by atoms with Crippen molar-refractivity contribution in [1.29, 1.82) is 0 Å². The lowest BCUT2D eigenvalue weighted by molar-refractivity contribution is -0.131. The van der Waals surface area contributed by atoms with Crippen molar-refractivity contribution in [3.05, 3.63) is 0 Å². The smallest absolute Gasteiger partial charge is 0.289 e. The molecule has 0 spiro atoms. The summed E-state index contributed by atoms with van der Waals surface area (Å²) in [7, 11) is 0. The number of carbonyl (C=O) groups is 1. The predicted octanol–water partition coefficient (Wildman–Crippen LogP) is -0.337. The van der Waals surface area contributed by atoms with Gasteiger partial charge in [0.15, 0.2) is 0 Å². The molecule has 0 bridgehead atoms. The molecule has 0 fully saturated rings. The van der Waals surface area contributed by atoms with Crippen molar-refractivity contribution in [3.8, 4) is 0 Å². The highest BCUT2D eigenvalue weighted by molar-refractivity contribution is 5.85. The first-order valence-electron chi connectivity index (χ1n) is 1.47. The lowest BCUT2D eigenvalue weighted by Gasteiger charge is -1.91. The Morgan fingerprint density at radius 2 is 2.00 bits per heavy atom. The van der Waals surface area contributed by atoms with Gasteiger partial charge >= 0.3 is 12.3 Å². The van der Waals surface area contributed by atoms with E-state index in [1.54, 1.807) is 0 Å². The molecule has 1 amide bonds. The Kier molecular flexibility index (Phi) is 6.23. The van der Waals surface area contributed by atoms with E-state index in [0.29, 0.717) is 0 Å². The molecule has 8 heavy (non-hydrogen) atoms. The lowest BCUT2D eigenvalue weighted by atomic mass is 10.7. The number of carbonyl (C=O) groups excluding carboxylic acids is 1. The zero-order valence-electron chi connectivity index (χ0n) is 3.73. The van der Waals surface area contributed by atoms with Gasteiger partial charge in [0.2, 0.25) is 0 Å². The van der Waals surface area contributed by atoms with Crippen LogP contribution < -0.4 is 11.3 Å². The highest BCUT2D eigenvalue weighted by Gasteiger charge is 2.11. The zero-order valence-corrected chi connectivity index (χ0v) is 4.54. The molecule has 0 rings (SSSR count). The summed E-state index contributed by atoms with van der Waals surface area (Å²) in [6, 6.07) is 0. The number of nitrogens with one attached hydrogen (secondary N) is 1. The zero-order chi connectivity index (χ0) is 5.86. The van der Waals surface area contributed by atoms with Crippen LogP contribution in [-0.2, 0) is 4.79 Å². The maximum absolute atomic E-state index is 10.9. The van der Waals surface area contributed by atoms with E-state index in [0.717, 1.165) is 0 Å². The molecule has 0 aromatic carbocycles. The summed E-state index contributed by atoms with van der Waals surface area (Å²) in [6.45, 7) is 0. The van der Waals surface area contributed by atoms with Crippen molar-refractivity contribution in [2.24, 2.45) is 5.84 Å². The van der Waals surface area contributed by atoms with Gasteiger partial charge in [0, 0.05) is 0 Å². The molecule has 0 saturated heterocycles. The van der Waals surface area contributed by atoms with Gasteiger partial charge in [-0.3, -0.25) is 10.2 Å². The molecule has 0 aliphatic heterocycles. The summed E-state index contributed by atoms with van der Waals surface area (Å²) >= 11 is 0. The van der Waals surface area contributed by atoms with Gasteiger partial charge in [-0.05, 0) is 0 Å². The second-order valence-electron chi connectivity index (χ2n) is 0.809. The number of nitrogens with two attached hydrogens (primary N) is 1. The molecular formula is C2H5ClF2N2O. The van der Waals surface area contributed by atoms with Crippen LogP contribution in [-0.4, -0.2) is 12.3 Å². The van der Waals surface area contributed by atoms with Gasteiger partial charge in [-0.15, -0.1) is 12.4 Å². The average molecular weight is 147 g/mol. The van der Waals surface area contributed by atoms with Gasteiger partial charge in [0.05, 0.1) is 0 Å². The number of amides is 1. The quantitative estimate of drug-likeness (QED) is 0.302. The molecule has 0 heterocycles. The Labute approximate surface area is 50.6 Å². The van der Waals surface area contributed by atoms with Crippen molar-refractivity contribution in [3.63, 3.8) is 0 Å². The summed E-state index contributed by atoms with van der Waals surface area (Å²) in [5.41, 5.74) is 1.28. The van der Waals surface area contributed by atoms with Gasteiger partial charge in [-0.25, -0.2) is 5.84 Å². The topological polar surface area (TPSA) is 55.1 Å². The van der Waals surface area contributed by atoms with E-state index in [-0.39, 0.29) is 12.4 Å². The Morgan fingerprint density at radius 1 is 1.62 bits per heavy atom. The molecule has 0 atom stereocenters. The third kappa shape index (κ3) is 3.76. The van der Waals surface area contributed by atoms with E-state index >= 15 is 0 Å². The number of halogens is 3. The second kappa shape index (κ2) is 4.73. The van der Waals surface area contributed by atoms with E-state index in [4.69, 9.17) is 0 Å². The minimum Gasteiger partial charge on any atom is -0.289 e. The van der Waals surface area contributed by atoms with Gasteiger partial charge in [0.25, 0.3) is 0 Å². The molecule has 0 saturated carbocycles. The molecule has 6 heteroatoms. The van der Waals surface area contributed by atoms with E-state index < -0.39 is 12.3 Å². The van der Waals surface area contributed by atoms with Crippen LogP contribution in [0.4, 0.5) is 8.78 Å². The summed E-state index contributed by atoms with van der Waals surface area (Å²) < 4.78 is 21.9. The Hall–Kier alpha value is -0.420. The van der Waals surface area contributed by atoms with Crippen molar-refractivity contribution >= 4 is 18.3 Å². The maximum atomic E-state index is 10.9. The first kappa shape index (κ1) is 10.5. The van der Waals surface area contributed by atoms with Crippen LogP contribution in [0.5, 0.6) is 0 Å². The third-order valence-electron chi connectivity index (χ3n) is 0.340. The largest absolute Gasteiger partial charge is 0.316 e. The van der Waals surface area contributed by atoms with Crippen molar-refractivity contribution < 1.29 is 13.6 Å². The molecule has 0 unspecified atom stereocenters. The van der Waals surface area contributed by atoms with Crippen molar-refractivity contribution in [2.75, 3.05) is 0 Å². The number of hydrazine groups is 1. The molecule has 0 aliphatic rings. The van der Waals surface area contributed by atoms with Crippen molar-refractivity contribution in [1.82, 2.24) is 5.43 Å². The fourth-order valence-electron chi connectivity index (χ4n) is 0.0630. The minimum absolute atomic E-state index is 0. The highest BCUT2D eigenvalue weighted by atomic mass is 35.5. The van der Waals surface area contributed by atoms with Crippen LogP contribution in [0.25, 0.3) is 0 Å². The molecule has 50 valence electrons. The van der Waals surface area contributed by atoms with Crippen LogP contribution >= 0.6 is 12.4 Å². The van der Waals surface area contributed by atoms with E-state index in [9.17, 15) is 13.6 Å². The third-order valence-corrected chi connectivity index (χ3v) is 0.340. The standard InChI is InChI=1S/C2H4F2N2O.ClH/c3-1(4)2(7)6-5;/h1H,5H2,(H,6,7);1H. The summed E-state index contributed by atoms with van der Waals surface area (Å²) in [5, 5.41) is 0. The van der Waals surface area contributed by atoms with E-state index in [2.05, 4.69) is 5.84 Å². The number of hydrogen-bond donors (Lipinski definition) is 2. The van der Waals surface area contributed by atoms with Crippen LogP contribution in [0.15, 0.2) is 0 Å². The molecule has 0 aromatic rings. The van der Waals surface area contributed by atoms with Gasteiger partial charge in [-0.2, -0.15) is 8.78 Å². The predicted molar refractivity (Wildman–Crippen MR) is 25.6 cm³/mol. The Balaban J connectivity index is 0. The van der Waals surface area contributed by atoms with Crippen LogP contribution in [0.1, 0.15) is 0 Å². The van der Waals surface area contributed by atoms with Gasteiger partial charge < -0.3 is 0 Å². The average Bonchev–Trinajstić information content (AvgIpc) is 1.65. The monoisotopic (exact) mass is 146 g/mol. The summed E-state index contributed by atoms with van der Waals surface area (Å²) in [6.07, 6.45) is -3.01. The number of hydrogen-bond acceptors (Lipinski definition) is 2. The lowest BCUT2D eigenvalue weighted by Crippen LogP contribution is -2.34. The van der Waals surface area contributed by atoms with Crippen LogP contribution in [0.2, 0.25) is 0 Å². The first-order chi connectivity index (χ1) is 3.18. The highest BCUT2D eigenvalue weighted by Crippen LogP contribution is 1.87. The normalized spacial score (nSPS) is 8.00. The Morgan fingerprint density at radius 3 is 2.00 bits per heavy atom.